The van der Waals surface area contributed by atoms with Crippen molar-refractivity contribution in [3.63, 3.8) is 0 Å². The van der Waals surface area contributed by atoms with Crippen LogP contribution in [0.1, 0.15) is 129 Å². The van der Waals surface area contributed by atoms with Gasteiger partial charge in [-0.25, -0.2) is 0 Å². The van der Waals surface area contributed by atoms with Crippen LogP contribution in [-0.4, -0.2) is 51.6 Å². The molecule has 7 heteroatoms. The molecule has 0 atom stereocenters. The first-order valence-electron chi connectivity index (χ1n) is 17.1. The van der Waals surface area contributed by atoms with Crippen molar-refractivity contribution >= 4 is 25.2 Å². The molecule has 39 heavy (non-hydrogen) atoms. The van der Waals surface area contributed by atoms with Gasteiger partial charge in [0.15, 0.2) is 16.6 Å². The van der Waals surface area contributed by atoms with E-state index in [1.165, 1.54) is 103 Å². The van der Waals surface area contributed by atoms with Crippen molar-refractivity contribution in [3.8, 4) is 0 Å². The minimum absolute atomic E-state index is 0.873. The molecule has 0 aromatic rings. The summed E-state index contributed by atoms with van der Waals surface area (Å²) in [6, 6.07) is 2.30. The van der Waals surface area contributed by atoms with Crippen molar-refractivity contribution in [2.24, 2.45) is 0 Å². The van der Waals surface area contributed by atoms with E-state index in [2.05, 4.69) is 53.1 Å². The normalized spacial score (nSPS) is 12.9. The zero-order chi connectivity index (χ0) is 29.3. The van der Waals surface area contributed by atoms with Crippen molar-refractivity contribution < 1.29 is 17.7 Å². The molecule has 0 rings (SSSR count). The topological polar surface area (TPSA) is 36.9 Å². The Morgan fingerprint density at radius 2 is 0.641 bits per heavy atom. The SMILES string of the molecule is CCCCCCCCCCOCCC[Si](C)(C)O[Si](C)(C)O[Si](C)(C)CCCOCCCCCCCCCC. The van der Waals surface area contributed by atoms with E-state index in [0.717, 1.165) is 51.4 Å². The van der Waals surface area contributed by atoms with Gasteiger partial charge in [0.2, 0.25) is 0 Å². The molecule has 4 nitrogen and oxygen atoms in total. The summed E-state index contributed by atoms with van der Waals surface area (Å²) >= 11 is 0. The summed E-state index contributed by atoms with van der Waals surface area (Å²) < 4.78 is 25.4. The maximum atomic E-state index is 6.78. The second kappa shape index (κ2) is 25.0. The van der Waals surface area contributed by atoms with Gasteiger partial charge in [-0.2, -0.15) is 0 Å². The average Bonchev–Trinajstić information content (AvgIpc) is 2.84. The molecule has 0 aliphatic heterocycles. The molecule has 0 aromatic heterocycles. The van der Waals surface area contributed by atoms with Gasteiger partial charge in [-0.05, 0) is 77.1 Å². The Labute approximate surface area is 249 Å². The highest BCUT2D eigenvalue weighted by molar-refractivity contribution is 6.87. The fraction of sp³-hybridized carbons (Fsp3) is 1.00. The third kappa shape index (κ3) is 28.4. The number of hydrogen-bond donors (Lipinski definition) is 0. The summed E-state index contributed by atoms with van der Waals surface area (Å²) in [5, 5.41) is 0. The molecule has 0 N–H and O–H groups in total. The summed E-state index contributed by atoms with van der Waals surface area (Å²) in [6.45, 7) is 22.1. The molecule has 0 aromatic carbocycles. The molecule has 236 valence electrons. The van der Waals surface area contributed by atoms with Crippen LogP contribution in [-0.2, 0) is 17.7 Å². The molecule has 0 fully saturated rings. The van der Waals surface area contributed by atoms with Gasteiger partial charge < -0.3 is 17.7 Å². The quantitative estimate of drug-likeness (QED) is 0.0603. The smallest absolute Gasteiger partial charge is 0.311 e. The largest absolute Gasteiger partial charge is 0.437 e. The summed E-state index contributed by atoms with van der Waals surface area (Å²) in [4.78, 5) is 0. The van der Waals surface area contributed by atoms with E-state index < -0.39 is 25.2 Å². The molecule has 0 radical (unpaired) electrons. The van der Waals surface area contributed by atoms with E-state index in [4.69, 9.17) is 17.7 Å². The van der Waals surface area contributed by atoms with Crippen LogP contribution >= 0.6 is 0 Å². The Hall–Kier alpha value is 0.491. The minimum Gasteiger partial charge on any atom is -0.437 e. The molecule has 0 unspecified atom stereocenters. The molecule has 0 spiro atoms. The van der Waals surface area contributed by atoms with Gasteiger partial charge in [0.05, 0.1) is 0 Å². The molecule has 0 bridgehead atoms. The highest BCUT2D eigenvalue weighted by atomic mass is 28.5. The van der Waals surface area contributed by atoms with Crippen molar-refractivity contribution in [2.75, 3.05) is 26.4 Å². The molecule has 0 heterocycles. The van der Waals surface area contributed by atoms with Crippen LogP contribution < -0.4 is 0 Å². The van der Waals surface area contributed by atoms with E-state index in [1.807, 2.05) is 0 Å². The minimum atomic E-state index is -2.14. The first-order chi connectivity index (χ1) is 18.5. The van der Waals surface area contributed by atoms with E-state index in [0.29, 0.717) is 0 Å². The van der Waals surface area contributed by atoms with Gasteiger partial charge in [0, 0.05) is 26.4 Å². The third-order valence-corrected chi connectivity index (χ3v) is 18.9. The van der Waals surface area contributed by atoms with E-state index in [-0.39, 0.29) is 0 Å². The van der Waals surface area contributed by atoms with Crippen LogP contribution in [0.2, 0.25) is 51.4 Å². The number of rotatable bonds is 30. The predicted molar refractivity (Wildman–Crippen MR) is 180 cm³/mol. The Balaban J connectivity index is 3.87. The molecular formula is C32H72O4Si3. The Morgan fingerprint density at radius 3 is 0.974 bits per heavy atom. The zero-order valence-electron chi connectivity index (χ0n) is 28.1. The van der Waals surface area contributed by atoms with Gasteiger partial charge in [0.25, 0.3) is 0 Å². The molecule has 0 saturated heterocycles. The summed E-state index contributed by atoms with van der Waals surface area (Å²) in [7, 11) is -5.64. The van der Waals surface area contributed by atoms with Crippen LogP contribution in [0.15, 0.2) is 0 Å². The lowest BCUT2D eigenvalue weighted by molar-refractivity contribution is 0.129. The summed E-state index contributed by atoms with van der Waals surface area (Å²) in [6.07, 6.45) is 23.9. The molecule has 0 aliphatic carbocycles. The first kappa shape index (κ1) is 39.5. The maximum absolute atomic E-state index is 6.78. The van der Waals surface area contributed by atoms with Crippen molar-refractivity contribution in [3.05, 3.63) is 0 Å². The number of hydrogen-bond acceptors (Lipinski definition) is 4. The van der Waals surface area contributed by atoms with Gasteiger partial charge in [-0.15, -0.1) is 0 Å². The average molecular weight is 605 g/mol. The van der Waals surface area contributed by atoms with Crippen LogP contribution in [0.4, 0.5) is 0 Å². The van der Waals surface area contributed by atoms with E-state index >= 15 is 0 Å². The number of unbranched alkanes of at least 4 members (excludes halogenated alkanes) is 14. The lowest BCUT2D eigenvalue weighted by Gasteiger charge is -2.38. The van der Waals surface area contributed by atoms with E-state index in [1.54, 1.807) is 0 Å². The molecule has 0 saturated carbocycles. The Morgan fingerprint density at radius 1 is 0.359 bits per heavy atom. The van der Waals surface area contributed by atoms with Crippen molar-refractivity contribution in [1.29, 1.82) is 0 Å². The second-order valence-electron chi connectivity index (χ2n) is 13.5. The van der Waals surface area contributed by atoms with Crippen LogP contribution in [0.25, 0.3) is 0 Å². The van der Waals surface area contributed by atoms with Crippen molar-refractivity contribution in [1.82, 2.24) is 0 Å². The van der Waals surface area contributed by atoms with Gasteiger partial charge in [-0.1, -0.05) is 104 Å². The number of ether oxygens (including phenoxy) is 2. The van der Waals surface area contributed by atoms with Crippen LogP contribution in [0.3, 0.4) is 0 Å². The first-order valence-corrected chi connectivity index (χ1v) is 26.1. The molecule has 0 aliphatic rings. The standard InChI is InChI=1S/C32H72O4Si3/c1-9-11-13-15-17-19-21-23-27-33-29-25-31-37(3,4)35-39(7,8)36-38(5,6)32-26-30-34-28-24-22-20-18-16-14-12-10-2/h9-32H2,1-8H3. The lowest BCUT2D eigenvalue weighted by Crippen LogP contribution is -2.52. The van der Waals surface area contributed by atoms with E-state index in [9.17, 15) is 0 Å². The fourth-order valence-electron chi connectivity index (χ4n) is 5.53. The van der Waals surface area contributed by atoms with Gasteiger partial charge in [-0.3, -0.25) is 0 Å². The van der Waals surface area contributed by atoms with Gasteiger partial charge >= 0.3 is 8.56 Å². The molecular weight excluding hydrogens is 533 g/mol. The second-order valence-corrected chi connectivity index (χ2v) is 26.0. The van der Waals surface area contributed by atoms with Crippen molar-refractivity contribution in [2.45, 2.75) is 181 Å². The van der Waals surface area contributed by atoms with Crippen LogP contribution in [0, 0.1) is 0 Å². The zero-order valence-corrected chi connectivity index (χ0v) is 31.1. The monoisotopic (exact) mass is 604 g/mol. The molecule has 0 amide bonds. The van der Waals surface area contributed by atoms with Crippen LogP contribution in [0.5, 0.6) is 0 Å². The summed E-state index contributed by atoms with van der Waals surface area (Å²) in [5.41, 5.74) is 0. The van der Waals surface area contributed by atoms with Gasteiger partial charge in [0.1, 0.15) is 0 Å². The maximum Gasteiger partial charge on any atom is 0.311 e. The fourth-order valence-corrected chi connectivity index (χ4v) is 19.5. The lowest BCUT2D eigenvalue weighted by atomic mass is 10.1. The highest BCUT2D eigenvalue weighted by Gasteiger charge is 2.39. The summed E-state index contributed by atoms with van der Waals surface area (Å²) in [5.74, 6) is 0. The highest BCUT2D eigenvalue weighted by Crippen LogP contribution is 2.26. The Kier molecular flexibility index (Phi) is 25.3. The Bertz CT molecular complexity index is 486. The predicted octanol–water partition coefficient (Wildman–Crippen LogP) is 11.2. The third-order valence-electron chi connectivity index (χ3n) is 7.46.